The molecule has 3 N–H and O–H groups in total. The molecule has 0 atom stereocenters. The average molecular weight is 546 g/mol. The quantitative estimate of drug-likeness (QED) is 0.229. The molecule has 3 heterocycles. The lowest BCUT2D eigenvalue weighted by Crippen LogP contribution is -2.41. The van der Waals surface area contributed by atoms with Gasteiger partial charge in [0.05, 0.1) is 5.52 Å². The van der Waals surface area contributed by atoms with Crippen molar-refractivity contribution in [2.75, 3.05) is 11.9 Å². The fourth-order valence-electron chi connectivity index (χ4n) is 4.30. The van der Waals surface area contributed by atoms with E-state index in [4.69, 9.17) is 17.3 Å². The largest absolute Gasteiger partial charge is 0.364 e. The lowest BCUT2D eigenvalue weighted by molar-refractivity contribution is -0.135. The molecule has 3 aromatic heterocycles. The Morgan fingerprint density at radius 3 is 2.62 bits per heavy atom. The summed E-state index contributed by atoms with van der Waals surface area (Å²) in [7, 11) is 0. The van der Waals surface area contributed by atoms with Gasteiger partial charge in [-0.05, 0) is 54.8 Å². The average Bonchev–Trinajstić information content (AvgIpc) is 3.69. The number of benzene rings is 1. The summed E-state index contributed by atoms with van der Waals surface area (Å²) in [5, 5.41) is 7.63. The van der Waals surface area contributed by atoms with Gasteiger partial charge in [0.2, 0.25) is 11.8 Å². The standard InChI is InChI=1S/C27H24ClN7O4/c28-22-4-1-5-23(31-22)32-24(37)14-34(18-7-8-18)25(38)15-35-20-9-6-16(11-19(20)26(33-35)27(29)39)12-21(36)17-3-2-10-30-13-17/h1-6,9-11,13,18H,7-8,12,14-15H2,(H2,29,39)(H,31,32,37). The summed E-state index contributed by atoms with van der Waals surface area (Å²) in [4.78, 5) is 60.3. The number of ketones is 1. The van der Waals surface area contributed by atoms with Gasteiger partial charge >= 0.3 is 0 Å². The second-order valence-corrected chi connectivity index (χ2v) is 9.60. The van der Waals surface area contributed by atoms with E-state index in [0.29, 0.717) is 22.0 Å². The molecule has 39 heavy (non-hydrogen) atoms. The number of amides is 3. The lowest BCUT2D eigenvalue weighted by atomic mass is 10.0. The predicted molar refractivity (Wildman–Crippen MR) is 143 cm³/mol. The van der Waals surface area contributed by atoms with Gasteiger partial charge in [0.25, 0.3) is 5.91 Å². The Morgan fingerprint density at radius 1 is 1.10 bits per heavy atom. The normalized spacial score (nSPS) is 12.7. The minimum atomic E-state index is -0.755. The monoisotopic (exact) mass is 545 g/mol. The van der Waals surface area contributed by atoms with Gasteiger partial charge in [-0.2, -0.15) is 5.10 Å². The lowest BCUT2D eigenvalue weighted by Gasteiger charge is -2.22. The number of carbonyl (C=O) groups is 4. The number of hydrogen-bond donors (Lipinski definition) is 2. The van der Waals surface area contributed by atoms with Crippen LogP contribution in [0.4, 0.5) is 5.82 Å². The van der Waals surface area contributed by atoms with E-state index in [9.17, 15) is 19.2 Å². The Bertz CT molecular complexity index is 1580. The van der Waals surface area contributed by atoms with Gasteiger partial charge in [0.15, 0.2) is 11.5 Å². The zero-order valence-electron chi connectivity index (χ0n) is 20.7. The molecule has 0 radical (unpaired) electrons. The molecule has 0 saturated heterocycles. The van der Waals surface area contributed by atoms with Crippen molar-refractivity contribution >= 4 is 51.8 Å². The van der Waals surface area contributed by atoms with Crippen molar-refractivity contribution in [1.82, 2.24) is 24.6 Å². The number of Topliss-reactive ketones (excluding diaryl/α,β-unsaturated/α-hetero) is 1. The van der Waals surface area contributed by atoms with E-state index in [2.05, 4.69) is 20.4 Å². The summed E-state index contributed by atoms with van der Waals surface area (Å²) in [6.07, 6.45) is 4.75. The molecule has 4 aromatic rings. The van der Waals surface area contributed by atoms with Crippen LogP contribution in [0.5, 0.6) is 0 Å². The molecule has 1 fully saturated rings. The summed E-state index contributed by atoms with van der Waals surface area (Å²) in [6, 6.07) is 13.3. The topological polar surface area (TPSA) is 153 Å². The van der Waals surface area contributed by atoms with Crippen LogP contribution in [-0.2, 0) is 22.6 Å². The second-order valence-electron chi connectivity index (χ2n) is 9.21. The number of fused-ring (bicyclic) bond motifs is 1. The summed E-state index contributed by atoms with van der Waals surface area (Å²) in [6.45, 7) is -0.364. The maximum absolute atomic E-state index is 13.3. The van der Waals surface area contributed by atoms with Crippen LogP contribution in [0, 0.1) is 0 Å². The molecule has 198 valence electrons. The predicted octanol–water partition coefficient (Wildman–Crippen LogP) is 2.63. The first-order valence-corrected chi connectivity index (χ1v) is 12.6. The third-order valence-electron chi connectivity index (χ3n) is 6.29. The van der Waals surface area contributed by atoms with Crippen molar-refractivity contribution in [2.45, 2.75) is 31.8 Å². The van der Waals surface area contributed by atoms with Crippen LogP contribution < -0.4 is 11.1 Å². The van der Waals surface area contributed by atoms with Crippen molar-refractivity contribution < 1.29 is 19.2 Å². The van der Waals surface area contributed by atoms with E-state index in [1.165, 1.54) is 15.8 Å². The summed E-state index contributed by atoms with van der Waals surface area (Å²) < 4.78 is 1.40. The van der Waals surface area contributed by atoms with Gasteiger partial charge in [-0.25, -0.2) is 4.98 Å². The summed E-state index contributed by atoms with van der Waals surface area (Å²) >= 11 is 5.88. The summed E-state index contributed by atoms with van der Waals surface area (Å²) in [5.41, 5.74) is 7.23. The maximum atomic E-state index is 13.3. The first-order valence-electron chi connectivity index (χ1n) is 12.2. The van der Waals surface area contributed by atoms with E-state index in [1.807, 2.05) is 0 Å². The van der Waals surface area contributed by atoms with E-state index in [-0.39, 0.29) is 53.9 Å². The number of nitrogens with two attached hydrogens (primary N) is 1. The highest BCUT2D eigenvalue weighted by Gasteiger charge is 2.34. The zero-order valence-corrected chi connectivity index (χ0v) is 21.5. The Labute approximate surface area is 228 Å². The minimum Gasteiger partial charge on any atom is -0.364 e. The minimum absolute atomic E-state index is 0.00350. The fourth-order valence-corrected chi connectivity index (χ4v) is 4.46. The molecule has 0 unspecified atom stereocenters. The first kappa shape index (κ1) is 26.0. The highest BCUT2D eigenvalue weighted by atomic mass is 35.5. The molecular formula is C27H24ClN7O4. The van der Waals surface area contributed by atoms with Crippen molar-refractivity contribution in [1.29, 1.82) is 0 Å². The number of aromatic nitrogens is 4. The van der Waals surface area contributed by atoms with Gasteiger partial charge in [-0.1, -0.05) is 23.7 Å². The van der Waals surface area contributed by atoms with Gasteiger partial charge in [0, 0.05) is 35.8 Å². The first-order chi connectivity index (χ1) is 18.8. The molecule has 1 saturated carbocycles. The second kappa shape index (κ2) is 11.0. The van der Waals surface area contributed by atoms with E-state index < -0.39 is 11.8 Å². The number of primary amides is 1. The Balaban J connectivity index is 1.34. The number of carbonyl (C=O) groups excluding carboxylic acids is 4. The molecule has 0 bridgehead atoms. The SMILES string of the molecule is NC(=O)c1nn(CC(=O)N(CC(=O)Nc2cccc(Cl)n2)C2CC2)c2ccc(CC(=O)c3cccnc3)cc12. The van der Waals surface area contributed by atoms with E-state index in [0.717, 1.165) is 12.8 Å². The molecule has 1 aromatic carbocycles. The number of anilines is 1. The highest BCUT2D eigenvalue weighted by molar-refractivity contribution is 6.29. The number of nitrogens with zero attached hydrogens (tertiary/aromatic N) is 5. The van der Waals surface area contributed by atoms with Crippen LogP contribution in [-0.4, -0.2) is 60.7 Å². The Hall–Kier alpha value is -4.64. The Kier molecular flexibility index (Phi) is 7.33. The number of pyridine rings is 2. The van der Waals surface area contributed by atoms with Gasteiger partial charge < -0.3 is 16.0 Å². The number of nitrogens with one attached hydrogen (secondary N) is 1. The van der Waals surface area contributed by atoms with Crippen molar-refractivity contribution in [3.8, 4) is 0 Å². The number of rotatable bonds is 10. The molecule has 3 amide bonds. The van der Waals surface area contributed by atoms with Gasteiger partial charge in [0.1, 0.15) is 24.1 Å². The van der Waals surface area contributed by atoms with E-state index >= 15 is 0 Å². The molecule has 0 spiro atoms. The molecule has 0 aliphatic heterocycles. The zero-order chi connectivity index (χ0) is 27.5. The van der Waals surface area contributed by atoms with Crippen molar-refractivity contribution in [3.63, 3.8) is 0 Å². The molecule has 12 heteroatoms. The van der Waals surface area contributed by atoms with Crippen LogP contribution in [0.2, 0.25) is 5.15 Å². The third kappa shape index (κ3) is 6.10. The molecular weight excluding hydrogens is 522 g/mol. The third-order valence-corrected chi connectivity index (χ3v) is 6.50. The van der Waals surface area contributed by atoms with Gasteiger partial charge in [-0.15, -0.1) is 0 Å². The maximum Gasteiger partial charge on any atom is 0.269 e. The van der Waals surface area contributed by atoms with E-state index in [1.54, 1.807) is 54.7 Å². The smallest absolute Gasteiger partial charge is 0.269 e. The van der Waals surface area contributed by atoms with Crippen LogP contribution in [0.1, 0.15) is 39.3 Å². The van der Waals surface area contributed by atoms with Gasteiger partial charge in [-0.3, -0.25) is 28.8 Å². The van der Waals surface area contributed by atoms with Crippen LogP contribution >= 0.6 is 11.6 Å². The van der Waals surface area contributed by atoms with Crippen LogP contribution in [0.15, 0.2) is 60.9 Å². The molecule has 1 aliphatic rings. The highest BCUT2D eigenvalue weighted by Crippen LogP contribution is 2.28. The van der Waals surface area contributed by atoms with Crippen LogP contribution in [0.25, 0.3) is 10.9 Å². The van der Waals surface area contributed by atoms with Crippen molar-refractivity contribution in [3.05, 3.63) is 82.9 Å². The van der Waals surface area contributed by atoms with Crippen molar-refractivity contribution in [2.24, 2.45) is 5.73 Å². The number of hydrogen-bond acceptors (Lipinski definition) is 7. The van der Waals surface area contributed by atoms with Crippen LogP contribution in [0.3, 0.4) is 0 Å². The molecule has 1 aliphatic carbocycles. The molecule has 5 rings (SSSR count). The fraction of sp³-hybridized carbons (Fsp3) is 0.222. The Morgan fingerprint density at radius 2 is 1.92 bits per heavy atom. The number of halogens is 1. The summed E-state index contributed by atoms with van der Waals surface area (Å²) in [5.74, 6) is -1.33. The molecule has 11 nitrogen and oxygen atoms in total.